The number of carbonyl (C=O) groups excluding carboxylic acids is 1. The Morgan fingerprint density at radius 1 is 1.56 bits per heavy atom. The summed E-state index contributed by atoms with van der Waals surface area (Å²) < 4.78 is 4.75. The van der Waals surface area contributed by atoms with Crippen molar-refractivity contribution in [2.45, 2.75) is 6.92 Å². The topological polar surface area (TPSA) is 107 Å². The third kappa shape index (κ3) is 1.97. The van der Waals surface area contributed by atoms with Crippen molar-refractivity contribution in [2.24, 2.45) is 0 Å². The number of nitrogen functional groups attached to an aromatic ring is 1. The summed E-state index contributed by atoms with van der Waals surface area (Å²) in [6.07, 6.45) is 2.87. The minimum absolute atomic E-state index is 0.0405. The number of aryl methyl sites for hydroxylation is 1. The molecule has 0 aliphatic heterocycles. The van der Waals surface area contributed by atoms with Gasteiger partial charge in [-0.15, -0.1) is 0 Å². The quantitative estimate of drug-likeness (QED) is 0.766. The Balaban J connectivity index is 2.18. The minimum Gasteiger partial charge on any atom is -0.397 e. The number of anilines is 2. The molecule has 2 rings (SSSR count). The van der Waals surface area contributed by atoms with E-state index < -0.39 is 5.91 Å². The number of nitrogens with zero attached hydrogens (tertiary/aromatic N) is 3. The van der Waals surface area contributed by atoms with Crippen molar-refractivity contribution in [3.8, 4) is 0 Å². The fraction of sp³-hybridized carbons (Fsp3) is 0.111. The highest BCUT2D eigenvalue weighted by molar-refractivity contribution is 6.06. The molecule has 2 aromatic rings. The van der Waals surface area contributed by atoms with Crippen LogP contribution in [-0.4, -0.2) is 21.0 Å². The lowest BCUT2D eigenvalue weighted by Crippen LogP contribution is -2.14. The van der Waals surface area contributed by atoms with E-state index in [-0.39, 0.29) is 11.7 Å². The SMILES string of the molecule is Cc1noc(NC(=O)c2ccncc2N)n1. The summed E-state index contributed by atoms with van der Waals surface area (Å²) in [7, 11) is 0. The highest BCUT2D eigenvalue weighted by atomic mass is 16.5. The van der Waals surface area contributed by atoms with Gasteiger partial charge in [-0.1, -0.05) is 5.16 Å². The smallest absolute Gasteiger partial charge is 0.328 e. The molecular weight excluding hydrogens is 210 g/mol. The number of carbonyl (C=O) groups is 1. The number of nitrogens with one attached hydrogen (secondary N) is 1. The average Bonchev–Trinajstić information content (AvgIpc) is 2.64. The van der Waals surface area contributed by atoms with Crippen LogP contribution in [0, 0.1) is 6.92 Å². The van der Waals surface area contributed by atoms with E-state index in [1.165, 1.54) is 18.5 Å². The van der Waals surface area contributed by atoms with Gasteiger partial charge >= 0.3 is 6.01 Å². The molecule has 0 bridgehead atoms. The van der Waals surface area contributed by atoms with Crippen LogP contribution in [0.2, 0.25) is 0 Å². The molecule has 0 aliphatic carbocycles. The maximum absolute atomic E-state index is 11.7. The van der Waals surface area contributed by atoms with Gasteiger partial charge in [-0.3, -0.25) is 15.1 Å². The van der Waals surface area contributed by atoms with Crippen molar-refractivity contribution in [2.75, 3.05) is 11.1 Å². The van der Waals surface area contributed by atoms with Gasteiger partial charge in [0.2, 0.25) is 0 Å². The second-order valence-electron chi connectivity index (χ2n) is 3.06. The van der Waals surface area contributed by atoms with Crippen LogP contribution in [0.25, 0.3) is 0 Å². The van der Waals surface area contributed by atoms with Crippen LogP contribution < -0.4 is 11.1 Å². The largest absolute Gasteiger partial charge is 0.397 e. The zero-order chi connectivity index (χ0) is 11.5. The molecule has 7 nitrogen and oxygen atoms in total. The van der Waals surface area contributed by atoms with Gasteiger partial charge in [0.25, 0.3) is 5.91 Å². The fourth-order valence-electron chi connectivity index (χ4n) is 1.13. The van der Waals surface area contributed by atoms with E-state index in [2.05, 4.69) is 20.4 Å². The molecule has 0 radical (unpaired) electrons. The maximum Gasteiger partial charge on any atom is 0.328 e. The predicted molar refractivity (Wildman–Crippen MR) is 55.6 cm³/mol. The molecule has 2 aromatic heterocycles. The molecule has 0 aromatic carbocycles. The number of pyridine rings is 1. The fourth-order valence-corrected chi connectivity index (χ4v) is 1.13. The van der Waals surface area contributed by atoms with Crippen LogP contribution in [0.1, 0.15) is 16.2 Å². The molecule has 0 aliphatic rings. The van der Waals surface area contributed by atoms with E-state index in [0.29, 0.717) is 11.4 Å². The molecule has 0 saturated carbocycles. The van der Waals surface area contributed by atoms with Crippen molar-refractivity contribution in [1.82, 2.24) is 15.1 Å². The van der Waals surface area contributed by atoms with Gasteiger partial charge in [-0.25, -0.2) is 0 Å². The number of nitrogens with two attached hydrogens (primary N) is 1. The van der Waals surface area contributed by atoms with Crippen LogP contribution in [0.5, 0.6) is 0 Å². The molecular formula is C9H9N5O2. The van der Waals surface area contributed by atoms with E-state index in [4.69, 9.17) is 10.3 Å². The zero-order valence-corrected chi connectivity index (χ0v) is 8.47. The molecule has 0 spiro atoms. The van der Waals surface area contributed by atoms with E-state index in [1.807, 2.05) is 0 Å². The summed E-state index contributed by atoms with van der Waals surface area (Å²) in [5.74, 6) is 0.0292. The van der Waals surface area contributed by atoms with Gasteiger partial charge in [0.1, 0.15) is 0 Å². The predicted octanol–water partition coefficient (Wildman–Crippen LogP) is 0.608. The van der Waals surface area contributed by atoms with Gasteiger partial charge in [0, 0.05) is 6.20 Å². The lowest BCUT2D eigenvalue weighted by atomic mass is 10.2. The molecule has 3 N–H and O–H groups in total. The Labute approximate surface area is 90.7 Å². The van der Waals surface area contributed by atoms with E-state index in [9.17, 15) is 4.79 Å². The van der Waals surface area contributed by atoms with Crippen LogP contribution in [-0.2, 0) is 0 Å². The number of rotatable bonds is 2. The Morgan fingerprint density at radius 3 is 3.00 bits per heavy atom. The summed E-state index contributed by atoms with van der Waals surface area (Å²) in [6.45, 7) is 1.65. The summed E-state index contributed by atoms with van der Waals surface area (Å²) in [5, 5.41) is 5.97. The summed E-state index contributed by atoms with van der Waals surface area (Å²) >= 11 is 0. The number of amides is 1. The van der Waals surface area contributed by atoms with Crippen molar-refractivity contribution in [3.05, 3.63) is 29.8 Å². The highest BCUT2D eigenvalue weighted by Crippen LogP contribution is 2.11. The Kier molecular flexibility index (Phi) is 2.50. The van der Waals surface area contributed by atoms with Gasteiger partial charge < -0.3 is 10.3 Å². The minimum atomic E-state index is -0.413. The van der Waals surface area contributed by atoms with E-state index in [0.717, 1.165) is 0 Å². The normalized spacial score (nSPS) is 10.1. The molecule has 82 valence electrons. The lowest BCUT2D eigenvalue weighted by molar-refractivity contribution is 0.102. The van der Waals surface area contributed by atoms with Crippen molar-refractivity contribution >= 4 is 17.6 Å². The first kappa shape index (κ1) is 10.1. The first-order valence-electron chi connectivity index (χ1n) is 4.48. The van der Waals surface area contributed by atoms with Gasteiger partial charge in [0.15, 0.2) is 5.82 Å². The summed E-state index contributed by atoms with van der Waals surface area (Å²) in [4.78, 5) is 19.3. The molecule has 7 heteroatoms. The van der Waals surface area contributed by atoms with Crippen molar-refractivity contribution in [1.29, 1.82) is 0 Å². The Hall–Kier alpha value is -2.44. The third-order valence-corrected chi connectivity index (χ3v) is 1.84. The van der Waals surface area contributed by atoms with Gasteiger partial charge in [-0.2, -0.15) is 4.98 Å². The third-order valence-electron chi connectivity index (χ3n) is 1.84. The zero-order valence-electron chi connectivity index (χ0n) is 8.47. The maximum atomic E-state index is 11.7. The molecule has 0 fully saturated rings. The molecule has 2 heterocycles. The molecule has 0 saturated heterocycles. The average molecular weight is 219 g/mol. The van der Waals surface area contributed by atoms with Crippen LogP contribution in [0.4, 0.5) is 11.7 Å². The number of hydrogen-bond acceptors (Lipinski definition) is 6. The van der Waals surface area contributed by atoms with Crippen molar-refractivity contribution in [3.63, 3.8) is 0 Å². The molecule has 0 atom stereocenters. The molecule has 16 heavy (non-hydrogen) atoms. The first-order chi connectivity index (χ1) is 7.66. The Morgan fingerprint density at radius 2 is 2.38 bits per heavy atom. The summed E-state index contributed by atoms with van der Waals surface area (Å²) in [6, 6.07) is 1.55. The summed E-state index contributed by atoms with van der Waals surface area (Å²) in [5.41, 5.74) is 6.19. The van der Waals surface area contributed by atoms with Gasteiger partial charge in [0.05, 0.1) is 17.4 Å². The second-order valence-corrected chi connectivity index (χ2v) is 3.06. The van der Waals surface area contributed by atoms with Crippen LogP contribution in [0.3, 0.4) is 0 Å². The number of aromatic nitrogens is 3. The van der Waals surface area contributed by atoms with Gasteiger partial charge in [-0.05, 0) is 13.0 Å². The van der Waals surface area contributed by atoms with Crippen LogP contribution >= 0.6 is 0 Å². The first-order valence-corrected chi connectivity index (χ1v) is 4.48. The van der Waals surface area contributed by atoms with Crippen LogP contribution in [0.15, 0.2) is 23.0 Å². The number of hydrogen-bond donors (Lipinski definition) is 2. The monoisotopic (exact) mass is 219 g/mol. The van der Waals surface area contributed by atoms with E-state index in [1.54, 1.807) is 6.92 Å². The Bertz CT molecular complexity index is 522. The van der Waals surface area contributed by atoms with Crippen molar-refractivity contribution < 1.29 is 9.32 Å². The highest BCUT2D eigenvalue weighted by Gasteiger charge is 2.12. The lowest BCUT2D eigenvalue weighted by Gasteiger charge is -2.02. The second kappa shape index (κ2) is 3.97. The standard InChI is InChI=1S/C9H9N5O2/c1-5-12-9(16-14-5)13-8(15)6-2-3-11-4-7(6)10/h2-4H,10H2,1H3,(H,12,13,14,15). The molecule has 1 amide bonds. The molecule has 0 unspecified atom stereocenters. The van der Waals surface area contributed by atoms with E-state index >= 15 is 0 Å².